The van der Waals surface area contributed by atoms with Crippen LogP contribution in [0.5, 0.6) is 23.0 Å². The molecule has 0 unspecified atom stereocenters. The highest BCUT2D eigenvalue weighted by atomic mass is 32.2. The number of aromatic nitrogens is 10. The number of hydrogen-bond donors (Lipinski definition) is 1. The first-order valence-corrected chi connectivity index (χ1v) is 49.1. The molecule has 130 heavy (non-hydrogen) atoms. The number of aliphatic hydroxyl groups is 1. The van der Waals surface area contributed by atoms with Gasteiger partial charge in [-0.3, -0.25) is 46.8 Å². The van der Waals surface area contributed by atoms with Crippen molar-refractivity contribution in [2.45, 2.75) is 215 Å². The van der Waals surface area contributed by atoms with E-state index in [0.717, 1.165) is 194 Å². The molecule has 0 amide bonds. The average molecular weight is 1860 g/mol. The van der Waals surface area contributed by atoms with E-state index in [0.29, 0.717) is 70.1 Å². The van der Waals surface area contributed by atoms with Crippen molar-refractivity contribution in [3.63, 3.8) is 0 Å². The van der Waals surface area contributed by atoms with Gasteiger partial charge in [-0.05, 0) is 108 Å². The van der Waals surface area contributed by atoms with Gasteiger partial charge < -0.3 is 33.5 Å². The molecule has 0 atom stereocenters. The molecule has 5 heterocycles. The Morgan fingerprint density at radius 1 is 0.354 bits per heavy atom. The van der Waals surface area contributed by atoms with Crippen LogP contribution in [0.1, 0.15) is 153 Å². The molecule has 15 rings (SSSR count). The molecule has 27 heteroatoms. The predicted molar refractivity (Wildman–Crippen MR) is 536 cm³/mol. The number of ether oxygens (including phenoxy) is 6. The molecule has 5 aromatic heterocycles. The Labute approximate surface area is 786 Å². The fourth-order valence-corrected chi connectivity index (χ4v) is 21.5. The van der Waals surface area contributed by atoms with Crippen molar-refractivity contribution in [3.8, 4) is 79.3 Å². The summed E-state index contributed by atoms with van der Waals surface area (Å²) in [4.78, 5) is 91.3. The van der Waals surface area contributed by atoms with Crippen molar-refractivity contribution < 1.29 is 33.5 Å². The summed E-state index contributed by atoms with van der Waals surface area (Å²) < 4.78 is 41.5. The molecule has 0 radical (unpaired) electrons. The van der Waals surface area contributed by atoms with E-state index in [4.69, 9.17) is 58.4 Å². The zero-order valence-electron chi connectivity index (χ0n) is 78.8. The second-order valence-corrected chi connectivity index (χ2v) is 41.2. The summed E-state index contributed by atoms with van der Waals surface area (Å²) in [7, 11) is 6.66. The summed E-state index contributed by atoms with van der Waals surface area (Å²) >= 11 is 7.74. The molecule has 0 saturated carbocycles. The van der Waals surface area contributed by atoms with Crippen LogP contribution in [0.15, 0.2) is 210 Å². The molecule has 10 aromatic rings. The zero-order chi connectivity index (χ0) is 94.3. The molecule has 0 aliphatic heterocycles. The van der Waals surface area contributed by atoms with E-state index < -0.39 is 0 Å². The summed E-state index contributed by atoms with van der Waals surface area (Å²) in [5.74, 6) is 7.17. The molecular weight excluding hydrogens is 1730 g/mol. The number of aliphatic hydroxyl groups excluding tert-OH is 1. The molecule has 0 bridgehead atoms. The van der Waals surface area contributed by atoms with Crippen LogP contribution in [-0.2, 0) is 101 Å². The summed E-state index contributed by atoms with van der Waals surface area (Å²) in [5.41, 5.74) is 17.4. The number of nitrogens with zero attached hydrogens (tertiary/aromatic N) is 10. The lowest BCUT2D eigenvalue weighted by molar-refractivity contribution is 0.145. The van der Waals surface area contributed by atoms with E-state index >= 15 is 0 Å². The normalized spacial score (nSPS) is 14.5. The molecule has 22 nitrogen and oxygen atoms in total. The molecule has 690 valence electrons. The quantitative estimate of drug-likeness (QED) is 0.0183. The van der Waals surface area contributed by atoms with Gasteiger partial charge in [0.25, 0.3) is 27.8 Å². The van der Waals surface area contributed by atoms with Gasteiger partial charge in [-0.25, -0.2) is 24.9 Å². The molecule has 5 aliphatic rings. The van der Waals surface area contributed by atoms with Crippen molar-refractivity contribution in [1.29, 1.82) is 0 Å². The van der Waals surface area contributed by atoms with Crippen LogP contribution >= 0.6 is 58.8 Å². The number of allylic oxidation sites excluding steroid dienone is 5. The van der Waals surface area contributed by atoms with Crippen LogP contribution in [0.25, 0.3) is 56.3 Å². The van der Waals surface area contributed by atoms with Gasteiger partial charge in [0.15, 0.2) is 25.8 Å². The maximum atomic E-state index is 13.4. The van der Waals surface area contributed by atoms with Crippen LogP contribution < -0.4 is 46.7 Å². The Morgan fingerprint density at radius 2 is 0.662 bits per heavy atom. The third kappa shape index (κ3) is 21.4. The molecule has 0 saturated heterocycles. The Hall–Kier alpha value is -9.97. The summed E-state index contributed by atoms with van der Waals surface area (Å²) in [6, 6.07) is 32.2. The Morgan fingerprint density at radius 3 is 1.02 bits per heavy atom. The number of thioether (sulfide) groups is 5. The van der Waals surface area contributed by atoms with Crippen LogP contribution in [0.4, 0.5) is 0 Å². The fraction of sp³-hybridized carbons (Fsp3) is 0.417. The lowest BCUT2D eigenvalue weighted by atomic mass is 9.72. The second kappa shape index (κ2) is 44.0. The van der Waals surface area contributed by atoms with Gasteiger partial charge in [-0.2, -0.15) is 0 Å². The highest BCUT2D eigenvalue weighted by Crippen LogP contribution is 2.49. The van der Waals surface area contributed by atoms with Crippen molar-refractivity contribution >= 4 is 58.8 Å². The van der Waals surface area contributed by atoms with Gasteiger partial charge in [0.1, 0.15) is 36.2 Å². The first-order valence-electron chi connectivity index (χ1n) is 44.2. The van der Waals surface area contributed by atoms with E-state index in [1.807, 2.05) is 78.9 Å². The zero-order valence-corrected chi connectivity index (χ0v) is 82.8. The molecule has 0 spiro atoms. The SMILES string of the molecule is C=CCn1c(SCC)nc2c(c1=O)C(C)(C)Cc1c(OC)cccc1-2.C=CCn1c(SCC)nc2c(c1=O)C(C)(C)Cc1c(OCCOC)cccc1-2.C=CCn1c(SCC)nc2c(c1=O)C(C)(C)Cc1ccc(OC)cc1-2.C=CCn1c(SCC)nc2c(c1=O)C(C)(C)Cc1ccc(OCCOC)cc1-2.C=CCn1c(SCCO)nc2c(c1=O)C(C)(C)Cc1ccccc1-2. The largest absolute Gasteiger partial charge is 0.497 e. The highest BCUT2D eigenvalue weighted by molar-refractivity contribution is 8.00. The van der Waals surface area contributed by atoms with E-state index in [1.165, 1.54) is 28.5 Å². The smallest absolute Gasteiger partial charge is 0.258 e. The van der Waals surface area contributed by atoms with E-state index in [2.05, 4.69) is 148 Å². The van der Waals surface area contributed by atoms with E-state index in [9.17, 15) is 24.0 Å². The van der Waals surface area contributed by atoms with Crippen LogP contribution in [0.3, 0.4) is 0 Å². The minimum Gasteiger partial charge on any atom is -0.497 e. The standard InChI is InChI=1S/2C22H28N2O3S.2C20H24N2O2S.C19H22N2O2S/c1-6-11-24-20(25)18-19(23-21(24)28-7-2)15-9-8-10-17(27-13-12-26-5)16(15)14-22(18,3)4;1-6-10-24-20(25)18-19(23-21(24)28-7-2)17-13-16(27-12-11-26-5)9-8-15(17)14-22(18,3)4;1-6-11-22-18(23)16-17(21-19(22)25-7-2)13-9-8-10-15(24-5)14(13)12-20(16,3)4;1-6-10-22-18(23)16-17(21-19(22)25-7-2)15-11-14(24-5)9-8-13(15)12-20(16,3)4;1-4-9-21-17(23)15-16(20-18(21)24-11-10-22)14-8-6-5-7-13(14)12-19(15,2)3/h6,8-10H,1,7,11-14H2,2-5H3;6,8-9,13H,1,7,10-12,14H2,2-5H3;6,8-10H,1,7,11-12H2,2-5H3;6,8-9,11H,1,7,10,12H2,2-5H3;4-8,22H,1,9-12H2,2-3H3. The second-order valence-electron chi connectivity index (χ2n) is 35.2. The third-order valence-corrected chi connectivity index (χ3v) is 27.8. The number of rotatable bonds is 31. The highest BCUT2D eigenvalue weighted by Gasteiger charge is 2.43. The van der Waals surface area contributed by atoms with Crippen molar-refractivity contribution in [2.24, 2.45) is 0 Å². The van der Waals surface area contributed by atoms with Crippen molar-refractivity contribution in [2.75, 3.05) is 90.2 Å². The van der Waals surface area contributed by atoms with Crippen molar-refractivity contribution in [1.82, 2.24) is 47.8 Å². The van der Waals surface area contributed by atoms with Crippen LogP contribution in [0, 0.1) is 0 Å². The lowest BCUT2D eigenvalue weighted by Crippen LogP contribution is -2.38. The number of hydrogen-bond acceptors (Lipinski definition) is 22. The van der Waals surface area contributed by atoms with Gasteiger partial charge >= 0.3 is 0 Å². The first-order chi connectivity index (χ1) is 62.2. The Balaban J connectivity index is 0.000000157. The minimum absolute atomic E-state index is 0.000146. The topological polar surface area (TPSA) is 250 Å². The number of fused-ring (bicyclic) bond motifs is 15. The summed E-state index contributed by atoms with van der Waals surface area (Å²) in [6.07, 6.45) is 12.6. The first kappa shape index (κ1) is 101. The summed E-state index contributed by atoms with van der Waals surface area (Å²) in [6.45, 7) is 52.7. The number of benzene rings is 5. The van der Waals surface area contributed by atoms with E-state index in [-0.39, 0.29) is 61.5 Å². The average Bonchev–Trinajstić information content (AvgIpc) is 0.565. The monoisotopic (exact) mass is 1850 g/mol. The van der Waals surface area contributed by atoms with E-state index in [1.54, 1.807) is 129 Å². The minimum atomic E-state index is -0.342. The van der Waals surface area contributed by atoms with Gasteiger partial charge in [-0.15, -0.1) is 32.9 Å². The number of methoxy groups -OCH3 is 4. The Kier molecular flexibility index (Phi) is 34.1. The molecule has 5 aromatic carbocycles. The van der Waals surface area contributed by atoms with Gasteiger partial charge in [0, 0.05) is 147 Å². The van der Waals surface area contributed by atoms with Crippen LogP contribution in [-0.4, -0.2) is 143 Å². The molecule has 0 fully saturated rings. The van der Waals surface area contributed by atoms with Gasteiger partial charge in [0.2, 0.25) is 0 Å². The Bertz CT molecular complexity index is 6050. The maximum absolute atomic E-state index is 13.4. The lowest BCUT2D eigenvalue weighted by Gasteiger charge is -2.34. The van der Waals surface area contributed by atoms with Gasteiger partial charge in [-0.1, -0.05) is 247 Å². The van der Waals surface area contributed by atoms with Gasteiger partial charge in [0.05, 0.1) is 62.5 Å². The summed E-state index contributed by atoms with van der Waals surface area (Å²) in [5, 5.41) is 12.7. The van der Waals surface area contributed by atoms with Crippen LogP contribution in [0.2, 0.25) is 0 Å². The fourth-order valence-electron chi connectivity index (χ4n) is 17.8. The predicted octanol–water partition coefficient (Wildman–Crippen LogP) is 19.2. The maximum Gasteiger partial charge on any atom is 0.258 e. The molecule has 5 aliphatic carbocycles. The third-order valence-electron chi connectivity index (χ3n) is 23.4. The molecule has 1 N–H and O–H groups in total. The van der Waals surface area contributed by atoms with Crippen molar-refractivity contribution in [3.05, 3.63) is 268 Å². The molecular formula is C103H126N10O12S5.